The molecule has 1 heterocycles. The summed E-state index contributed by atoms with van der Waals surface area (Å²) >= 11 is 0. The van der Waals surface area contributed by atoms with E-state index in [9.17, 15) is 0 Å². The Morgan fingerprint density at radius 3 is 2.90 bits per heavy atom. The van der Waals surface area contributed by atoms with Crippen LogP contribution in [0, 0.1) is 0 Å². The monoisotopic (exact) mass is 142 g/mol. The first-order valence-electron chi connectivity index (χ1n) is 3.63. The Morgan fingerprint density at radius 1 is 1.80 bits per heavy atom. The molecular formula is C8H14O2. The normalized spacial score (nSPS) is 32.9. The highest BCUT2D eigenvalue weighted by atomic mass is 16.5. The molecule has 2 nitrogen and oxygen atoms in total. The van der Waals surface area contributed by atoms with Crippen molar-refractivity contribution in [1.82, 2.24) is 0 Å². The number of rotatable bonds is 1. The van der Waals surface area contributed by atoms with E-state index in [0.29, 0.717) is 0 Å². The molecule has 0 saturated heterocycles. The summed E-state index contributed by atoms with van der Waals surface area (Å²) in [6.07, 6.45) is 3.99. The molecule has 0 fully saturated rings. The van der Waals surface area contributed by atoms with Crippen LogP contribution in [0.4, 0.5) is 0 Å². The summed E-state index contributed by atoms with van der Waals surface area (Å²) in [5, 5.41) is 8.92. The van der Waals surface area contributed by atoms with Gasteiger partial charge in [0.15, 0.2) is 0 Å². The van der Waals surface area contributed by atoms with Gasteiger partial charge in [0.2, 0.25) is 0 Å². The van der Waals surface area contributed by atoms with Crippen molar-refractivity contribution in [3.05, 3.63) is 11.8 Å². The third-order valence-corrected chi connectivity index (χ3v) is 1.85. The zero-order valence-corrected chi connectivity index (χ0v) is 6.55. The van der Waals surface area contributed by atoms with Crippen LogP contribution in [0.5, 0.6) is 0 Å². The maximum absolute atomic E-state index is 8.92. The van der Waals surface area contributed by atoms with Gasteiger partial charge < -0.3 is 9.84 Å². The van der Waals surface area contributed by atoms with E-state index in [1.54, 1.807) is 0 Å². The summed E-state index contributed by atoms with van der Waals surface area (Å²) in [4.78, 5) is 0. The molecule has 0 bridgehead atoms. The average molecular weight is 142 g/mol. The molecule has 0 aromatic carbocycles. The van der Waals surface area contributed by atoms with Gasteiger partial charge in [-0.25, -0.2) is 0 Å². The first-order chi connectivity index (χ1) is 4.66. The van der Waals surface area contributed by atoms with E-state index in [4.69, 9.17) is 9.84 Å². The van der Waals surface area contributed by atoms with Gasteiger partial charge in [0, 0.05) is 0 Å². The van der Waals surface area contributed by atoms with Crippen LogP contribution in [-0.4, -0.2) is 17.3 Å². The van der Waals surface area contributed by atoms with Crippen LogP contribution in [0.1, 0.15) is 26.7 Å². The molecule has 0 spiro atoms. The number of allylic oxidation sites excluding steroid dienone is 2. The number of ether oxygens (including phenoxy) is 1. The van der Waals surface area contributed by atoms with Crippen LogP contribution < -0.4 is 0 Å². The standard InChI is InChI=1S/C8H14O2/c1-7-4-3-5-8(2,6-9)10-7/h4,9H,3,5-6H2,1-2H3. The van der Waals surface area contributed by atoms with Crippen molar-refractivity contribution in [2.75, 3.05) is 6.61 Å². The smallest absolute Gasteiger partial charge is 0.129 e. The average Bonchev–Trinajstić information content (AvgIpc) is 1.88. The molecule has 0 aromatic rings. The highest BCUT2D eigenvalue weighted by Crippen LogP contribution is 2.25. The van der Waals surface area contributed by atoms with Crippen LogP contribution in [0.25, 0.3) is 0 Å². The van der Waals surface area contributed by atoms with E-state index in [1.807, 2.05) is 13.8 Å². The van der Waals surface area contributed by atoms with Gasteiger partial charge in [0.1, 0.15) is 5.60 Å². The lowest BCUT2D eigenvalue weighted by Crippen LogP contribution is -2.34. The molecule has 2 heteroatoms. The van der Waals surface area contributed by atoms with Gasteiger partial charge >= 0.3 is 0 Å². The topological polar surface area (TPSA) is 29.5 Å². The van der Waals surface area contributed by atoms with E-state index in [0.717, 1.165) is 18.6 Å². The van der Waals surface area contributed by atoms with Gasteiger partial charge in [-0.05, 0) is 32.8 Å². The maximum atomic E-state index is 8.92. The number of aliphatic hydroxyl groups is 1. The predicted molar refractivity (Wildman–Crippen MR) is 39.6 cm³/mol. The molecule has 1 aliphatic rings. The van der Waals surface area contributed by atoms with Crippen molar-refractivity contribution < 1.29 is 9.84 Å². The van der Waals surface area contributed by atoms with Crippen LogP contribution >= 0.6 is 0 Å². The Morgan fingerprint density at radius 2 is 2.50 bits per heavy atom. The largest absolute Gasteiger partial charge is 0.490 e. The second-order valence-corrected chi connectivity index (χ2v) is 3.06. The van der Waals surface area contributed by atoms with Crippen LogP contribution in [0.3, 0.4) is 0 Å². The Kier molecular flexibility index (Phi) is 2.00. The molecule has 0 saturated carbocycles. The fraction of sp³-hybridized carbons (Fsp3) is 0.750. The Balaban J connectivity index is 2.60. The molecular weight excluding hydrogens is 128 g/mol. The van der Waals surface area contributed by atoms with Crippen molar-refractivity contribution >= 4 is 0 Å². The van der Waals surface area contributed by atoms with Crippen LogP contribution in [0.15, 0.2) is 11.8 Å². The maximum Gasteiger partial charge on any atom is 0.129 e. The van der Waals surface area contributed by atoms with Gasteiger partial charge in [-0.3, -0.25) is 0 Å². The lowest BCUT2D eigenvalue weighted by atomic mass is 9.98. The van der Waals surface area contributed by atoms with E-state index >= 15 is 0 Å². The van der Waals surface area contributed by atoms with Gasteiger partial charge in [-0.2, -0.15) is 0 Å². The SMILES string of the molecule is CC1=CCCC(C)(CO)O1. The number of hydrogen-bond acceptors (Lipinski definition) is 2. The first kappa shape index (κ1) is 7.61. The molecule has 0 radical (unpaired) electrons. The second-order valence-electron chi connectivity index (χ2n) is 3.06. The Labute approximate surface area is 61.5 Å². The molecule has 1 rings (SSSR count). The van der Waals surface area contributed by atoms with Crippen molar-refractivity contribution in [1.29, 1.82) is 0 Å². The van der Waals surface area contributed by atoms with Crippen molar-refractivity contribution in [3.63, 3.8) is 0 Å². The van der Waals surface area contributed by atoms with Crippen molar-refractivity contribution in [2.24, 2.45) is 0 Å². The van der Waals surface area contributed by atoms with E-state index in [2.05, 4.69) is 6.08 Å². The Bertz CT molecular complexity index is 151. The molecule has 0 aromatic heterocycles. The Hall–Kier alpha value is -0.500. The van der Waals surface area contributed by atoms with Gasteiger partial charge in [-0.15, -0.1) is 0 Å². The summed E-state index contributed by atoms with van der Waals surface area (Å²) in [5.41, 5.74) is -0.321. The highest BCUT2D eigenvalue weighted by Gasteiger charge is 2.26. The molecule has 1 unspecified atom stereocenters. The fourth-order valence-electron chi connectivity index (χ4n) is 1.17. The van der Waals surface area contributed by atoms with E-state index in [1.165, 1.54) is 0 Å². The van der Waals surface area contributed by atoms with Crippen molar-refractivity contribution in [3.8, 4) is 0 Å². The third kappa shape index (κ3) is 1.51. The quantitative estimate of drug-likeness (QED) is 0.600. The highest BCUT2D eigenvalue weighted by molar-refractivity contribution is 4.98. The fourth-order valence-corrected chi connectivity index (χ4v) is 1.17. The molecule has 1 atom stereocenters. The second kappa shape index (κ2) is 2.62. The molecule has 58 valence electrons. The molecule has 1 N–H and O–H groups in total. The summed E-state index contributed by atoms with van der Waals surface area (Å²) < 4.78 is 5.43. The van der Waals surface area contributed by atoms with Crippen LogP contribution in [0.2, 0.25) is 0 Å². The predicted octanol–water partition coefficient (Wildman–Crippen LogP) is 1.45. The minimum absolute atomic E-state index is 0.109. The minimum atomic E-state index is -0.321. The number of hydrogen-bond donors (Lipinski definition) is 1. The third-order valence-electron chi connectivity index (χ3n) is 1.85. The molecule has 10 heavy (non-hydrogen) atoms. The van der Waals surface area contributed by atoms with Crippen LogP contribution in [-0.2, 0) is 4.74 Å². The van der Waals surface area contributed by atoms with Gasteiger partial charge in [0.05, 0.1) is 12.4 Å². The van der Waals surface area contributed by atoms with E-state index in [-0.39, 0.29) is 12.2 Å². The summed E-state index contributed by atoms with van der Waals surface area (Å²) in [6, 6.07) is 0. The zero-order chi connectivity index (χ0) is 7.61. The zero-order valence-electron chi connectivity index (χ0n) is 6.55. The number of aliphatic hydroxyl groups excluding tert-OH is 1. The lowest BCUT2D eigenvalue weighted by Gasteiger charge is -2.31. The first-order valence-corrected chi connectivity index (χ1v) is 3.63. The lowest BCUT2D eigenvalue weighted by molar-refractivity contribution is -0.0412. The minimum Gasteiger partial charge on any atom is -0.490 e. The summed E-state index contributed by atoms with van der Waals surface area (Å²) in [6.45, 7) is 3.97. The molecule has 0 amide bonds. The summed E-state index contributed by atoms with van der Waals surface area (Å²) in [7, 11) is 0. The molecule has 0 aliphatic carbocycles. The van der Waals surface area contributed by atoms with E-state index < -0.39 is 0 Å². The van der Waals surface area contributed by atoms with Crippen molar-refractivity contribution in [2.45, 2.75) is 32.3 Å². The molecule has 1 aliphatic heterocycles. The summed E-state index contributed by atoms with van der Waals surface area (Å²) in [5.74, 6) is 0.933. The van der Waals surface area contributed by atoms with Gasteiger partial charge in [0.25, 0.3) is 0 Å². The van der Waals surface area contributed by atoms with Gasteiger partial charge in [-0.1, -0.05) is 0 Å².